The molecule has 1 aliphatic carbocycles. The third-order valence-electron chi connectivity index (χ3n) is 5.09. The van der Waals surface area contributed by atoms with E-state index in [0.717, 1.165) is 4.90 Å². The van der Waals surface area contributed by atoms with Gasteiger partial charge in [0.25, 0.3) is 0 Å². The molecule has 2 N–H and O–H groups in total. The van der Waals surface area contributed by atoms with Crippen LogP contribution in [-0.4, -0.2) is 26.5 Å². The normalized spacial score (nSPS) is 15.7. The van der Waals surface area contributed by atoms with Gasteiger partial charge in [0.2, 0.25) is 0 Å². The van der Waals surface area contributed by atoms with Crippen molar-refractivity contribution < 1.29 is 9.90 Å². The van der Waals surface area contributed by atoms with Gasteiger partial charge in [0, 0.05) is 4.90 Å². The van der Waals surface area contributed by atoms with E-state index in [2.05, 4.69) is 39.7 Å². The lowest BCUT2D eigenvalue weighted by atomic mass is 9.90. The topological polar surface area (TPSA) is 78.9 Å². The fourth-order valence-corrected chi connectivity index (χ4v) is 4.43. The zero-order chi connectivity index (χ0) is 19.6. The molecule has 5 nitrogen and oxygen atoms in total. The number of nitrogens with zero attached hydrogens (tertiary/aromatic N) is 2. The van der Waals surface area contributed by atoms with Crippen LogP contribution in [0.1, 0.15) is 73.3 Å². The smallest absolute Gasteiger partial charge is 0.356 e. The van der Waals surface area contributed by atoms with Crippen LogP contribution in [0.2, 0.25) is 0 Å². The molecule has 1 fully saturated rings. The number of hydrogen-bond donors (Lipinski definition) is 2. The monoisotopic (exact) mass is 397 g/mol. The number of carbonyl (C=O) groups is 1. The van der Waals surface area contributed by atoms with Crippen molar-refractivity contribution in [3.8, 4) is 0 Å². The molecule has 28 heavy (non-hydrogen) atoms. The Hall–Kier alpha value is -2.34. The summed E-state index contributed by atoms with van der Waals surface area (Å²) in [6.45, 7) is 0. The first-order valence-corrected chi connectivity index (χ1v) is 10.8. The van der Waals surface area contributed by atoms with Gasteiger partial charge in [-0.2, -0.15) is 0 Å². The molecule has 0 amide bonds. The van der Waals surface area contributed by atoms with E-state index in [1.807, 2.05) is 24.3 Å². The molecule has 6 heteroatoms. The van der Waals surface area contributed by atoms with Crippen LogP contribution in [0, 0.1) is 0 Å². The van der Waals surface area contributed by atoms with Gasteiger partial charge < -0.3 is 5.11 Å². The number of rotatable bonds is 4. The van der Waals surface area contributed by atoms with Crippen molar-refractivity contribution >= 4 is 17.7 Å². The largest absolute Gasteiger partial charge is 0.476 e. The Morgan fingerprint density at radius 1 is 0.929 bits per heavy atom. The average Bonchev–Trinajstić information content (AvgIpc) is 3.19. The van der Waals surface area contributed by atoms with Crippen LogP contribution < -0.4 is 0 Å². The highest BCUT2D eigenvalue weighted by Gasteiger charge is 2.15. The molecule has 148 valence electrons. The van der Waals surface area contributed by atoms with Gasteiger partial charge in [-0.15, -0.1) is 5.10 Å². The van der Waals surface area contributed by atoms with Gasteiger partial charge in [0.1, 0.15) is 0 Å². The molecule has 0 spiro atoms. The quantitative estimate of drug-likeness (QED) is 0.662. The number of carboxylic acids is 1. The van der Waals surface area contributed by atoms with Crippen LogP contribution in [0.5, 0.6) is 0 Å². The molecule has 1 aromatic carbocycles. The zero-order valence-electron chi connectivity index (χ0n) is 16.0. The van der Waals surface area contributed by atoms with Gasteiger partial charge in [-0.1, -0.05) is 91.9 Å². The Kier molecular flexibility index (Phi) is 7.91. The van der Waals surface area contributed by atoms with E-state index < -0.39 is 5.97 Å². The highest BCUT2D eigenvalue weighted by molar-refractivity contribution is 7.99. The maximum Gasteiger partial charge on any atom is 0.356 e. The molecule has 0 radical (unpaired) electrons. The number of aromatic nitrogens is 3. The molecule has 0 saturated heterocycles. The van der Waals surface area contributed by atoms with Crippen LogP contribution >= 0.6 is 11.8 Å². The minimum Gasteiger partial charge on any atom is -0.476 e. The summed E-state index contributed by atoms with van der Waals surface area (Å²) in [7, 11) is 0. The van der Waals surface area contributed by atoms with Crippen LogP contribution in [-0.2, 0) is 0 Å². The first kappa shape index (κ1) is 20.4. The molecule has 3 rings (SSSR count). The number of carboxylic acid groups (broad SMARTS) is 1. The molecular formula is C22H27N3O2S. The molecule has 1 aromatic heterocycles. The van der Waals surface area contributed by atoms with E-state index in [1.54, 1.807) is 0 Å². The summed E-state index contributed by atoms with van der Waals surface area (Å²) in [6, 6.07) is 16.5. The van der Waals surface area contributed by atoms with E-state index in [4.69, 9.17) is 0 Å². The van der Waals surface area contributed by atoms with E-state index in [0.29, 0.717) is 10.9 Å². The van der Waals surface area contributed by atoms with Crippen molar-refractivity contribution in [2.75, 3.05) is 0 Å². The van der Waals surface area contributed by atoms with Crippen molar-refractivity contribution in [3.63, 3.8) is 0 Å². The highest BCUT2D eigenvalue weighted by Crippen LogP contribution is 2.30. The van der Waals surface area contributed by atoms with Crippen molar-refractivity contribution in [2.24, 2.45) is 0 Å². The third kappa shape index (κ3) is 6.09. The maximum atomic E-state index is 11.2. The van der Waals surface area contributed by atoms with Crippen LogP contribution in [0.3, 0.4) is 0 Å². The number of aromatic amines is 1. The minimum atomic E-state index is -1.06. The number of hydrogen-bond acceptors (Lipinski definition) is 4. The Bertz CT molecular complexity index is 798. The molecule has 1 aliphatic rings. The lowest BCUT2D eigenvalue weighted by molar-refractivity contribution is 0.0686. The second-order valence-corrected chi connectivity index (χ2v) is 8.20. The fraction of sp³-hybridized carbons (Fsp3) is 0.409. The predicted molar refractivity (Wildman–Crippen MR) is 111 cm³/mol. The fourth-order valence-electron chi connectivity index (χ4n) is 3.59. The van der Waals surface area contributed by atoms with Crippen LogP contribution in [0.25, 0.3) is 0 Å². The van der Waals surface area contributed by atoms with Gasteiger partial charge in [0.15, 0.2) is 10.7 Å². The lowest BCUT2D eigenvalue weighted by Gasteiger charge is -2.15. The second kappa shape index (κ2) is 10.9. The Morgan fingerprint density at radius 3 is 2.11 bits per heavy atom. The van der Waals surface area contributed by atoms with E-state index in [-0.39, 0.29) is 5.69 Å². The van der Waals surface area contributed by atoms with Gasteiger partial charge in [0.05, 0.1) is 0 Å². The van der Waals surface area contributed by atoms with Gasteiger partial charge >= 0.3 is 5.97 Å². The van der Waals surface area contributed by atoms with Crippen LogP contribution in [0.15, 0.2) is 58.5 Å². The SMILES string of the molecule is O=C(O)c1[nH]nnc1Sc1ccccc(C2CCCCCCCC2)cccc1. The van der Waals surface area contributed by atoms with Crippen molar-refractivity contribution in [2.45, 2.75) is 67.2 Å². The second-order valence-electron chi connectivity index (χ2n) is 7.13. The zero-order valence-corrected chi connectivity index (χ0v) is 16.8. The van der Waals surface area contributed by atoms with E-state index in [9.17, 15) is 9.90 Å². The number of nitrogens with one attached hydrogen (secondary N) is 1. The summed E-state index contributed by atoms with van der Waals surface area (Å²) < 4.78 is 0. The summed E-state index contributed by atoms with van der Waals surface area (Å²) in [5, 5.41) is 19.4. The first-order valence-electron chi connectivity index (χ1n) is 9.99. The highest BCUT2D eigenvalue weighted by atomic mass is 32.2. The molecule has 0 bridgehead atoms. The third-order valence-corrected chi connectivity index (χ3v) is 6.08. The van der Waals surface area contributed by atoms with Gasteiger partial charge in [-0.25, -0.2) is 4.79 Å². The molecule has 2 aromatic rings. The molecule has 1 heterocycles. The average molecular weight is 398 g/mol. The predicted octanol–water partition coefficient (Wildman–Crippen LogP) is 6.00. The van der Waals surface area contributed by atoms with Gasteiger partial charge in [-0.3, -0.25) is 5.10 Å². The van der Waals surface area contributed by atoms with Crippen molar-refractivity contribution in [1.29, 1.82) is 0 Å². The molecule has 1 saturated carbocycles. The lowest BCUT2D eigenvalue weighted by Crippen LogP contribution is -1.98. The minimum absolute atomic E-state index is 0.0123. The Labute approximate surface area is 170 Å². The summed E-state index contributed by atoms with van der Waals surface area (Å²) in [5.74, 6) is -0.423. The van der Waals surface area contributed by atoms with E-state index >= 15 is 0 Å². The summed E-state index contributed by atoms with van der Waals surface area (Å²) in [4.78, 5) is 12.1. The summed E-state index contributed by atoms with van der Waals surface area (Å²) >= 11 is 1.28. The van der Waals surface area contributed by atoms with Crippen molar-refractivity contribution in [3.05, 3.63) is 59.8 Å². The standard InChI is InChI=1S/C22H27N3O2S/c26-22(27)20-21(24-25-23-20)28-19-15-9-7-13-18(14-8-10-16-19)17-11-5-3-1-2-4-6-12-17/h7-10,13-17H,1-6,11-12H2,(H,26,27)(H,23,24,25). The van der Waals surface area contributed by atoms with Crippen LogP contribution in [0.4, 0.5) is 0 Å². The Balaban J connectivity index is 1.78. The maximum absolute atomic E-state index is 11.2. The summed E-state index contributed by atoms with van der Waals surface area (Å²) in [5.41, 5.74) is 1.41. The number of aromatic carboxylic acids is 1. The molecule has 0 unspecified atom stereocenters. The first-order chi connectivity index (χ1) is 13.7. The van der Waals surface area contributed by atoms with E-state index in [1.165, 1.54) is 68.7 Å². The number of H-pyrrole nitrogens is 1. The molecule has 0 atom stereocenters. The summed E-state index contributed by atoms with van der Waals surface area (Å²) in [6.07, 6.45) is 10.7. The van der Waals surface area contributed by atoms with Gasteiger partial charge in [-0.05, 0) is 36.5 Å². The Morgan fingerprint density at radius 2 is 1.50 bits per heavy atom. The molecule has 0 aliphatic heterocycles. The molecular weight excluding hydrogens is 370 g/mol. The van der Waals surface area contributed by atoms with Crippen molar-refractivity contribution in [1.82, 2.24) is 15.4 Å².